The van der Waals surface area contributed by atoms with E-state index in [2.05, 4.69) is 11.0 Å². The van der Waals surface area contributed by atoms with Gasteiger partial charge in [-0.25, -0.2) is 0 Å². The van der Waals surface area contributed by atoms with E-state index >= 15 is 0 Å². The molecule has 1 aromatic rings. The Kier molecular flexibility index (Phi) is 6.42. The fourth-order valence-electron chi connectivity index (χ4n) is 2.26. The van der Waals surface area contributed by atoms with Gasteiger partial charge in [0.15, 0.2) is 6.29 Å². The lowest BCUT2D eigenvalue weighted by Crippen LogP contribution is -2.58. The lowest BCUT2D eigenvalue weighted by Gasteiger charge is -2.42. The van der Waals surface area contributed by atoms with E-state index in [1.807, 2.05) is 32.2 Å². The zero-order valence-electron chi connectivity index (χ0n) is 13.1. The second-order valence-corrected chi connectivity index (χ2v) is 5.07. The lowest BCUT2D eigenvalue weighted by molar-refractivity contribution is -0.178. The number of nitrogens with zero attached hydrogens (tertiary/aromatic N) is 1. The fourth-order valence-corrected chi connectivity index (χ4v) is 2.26. The van der Waals surface area contributed by atoms with E-state index in [4.69, 9.17) is 19.9 Å². The van der Waals surface area contributed by atoms with Crippen LogP contribution in [0.15, 0.2) is 24.3 Å². The predicted molar refractivity (Wildman–Crippen MR) is 79.7 cm³/mol. The van der Waals surface area contributed by atoms with Crippen molar-refractivity contribution in [1.29, 1.82) is 0 Å². The summed E-state index contributed by atoms with van der Waals surface area (Å²) in [6, 6.07) is 7.98. The first-order chi connectivity index (χ1) is 9.51. The first-order valence-electron chi connectivity index (χ1n) is 6.61. The van der Waals surface area contributed by atoms with E-state index in [0.717, 1.165) is 17.9 Å². The average Bonchev–Trinajstić information content (AvgIpc) is 2.48. The number of benzene rings is 1. The summed E-state index contributed by atoms with van der Waals surface area (Å²) in [5, 5.41) is 0. The molecule has 0 amide bonds. The van der Waals surface area contributed by atoms with Crippen LogP contribution in [0.1, 0.15) is 12.5 Å². The Hall–Kier alpha value is -1.14. The third-order valence-electron chi connectivity index (χ3n) is 3.78. The van der Waals surface area contributed by atoms with Crippen LogP contribution < -0.4 is 10.5 Å². The van der Waals surface area contributed by atoms with Crippen LogP contribution in [0, 0.1) is 0 Å². The van der Waals surface area contributed by atoms with Crippen molar-refractivity contribution in [2.24, 2.45) is 5.73 Å². The Morgan fingerprint density at radius 3 is 2.40 bits per heavy atom. The highest BCUT2D eigenvalue weighted by Crippen LogP contribution is 2.23. The van der Waals surface area contributed by atoms with Gasteiger partial charge in [-0.3, -0.25) is 4.90 Å². The average molecular weight is 282 g/mol. The summed E-state index contributed by atoms with van der Waals surface area (Å²) in [5.41, 5.74) is 6.68. The largest absolute Gasteiger partial charge is 0.497 e. The van der Waals surface area contributed by atoms with Gasteiger partial charge in [-0.05, 0) is 31.7 Å². The van der Waals surface area contributed by atoms with Gasteiger partial charge < -0.3 is 19.9 Å². The van der Waals surface area contributed by atoms with E-state index in [9.17, 15) is 0 Å². The highest BCUT2D eigenvalue weighted by molar-refractivity contribution is 5.28. The van der Waals surface area contributed by atoms with E-state index in [1.54, 1.807) is 21.3 Å². The molecule has 1 unspecified atom stereocenters. The van der Waals surface area contributed by atoms with Gasteiger partial charge in [0, 0.05) is 27.3 Å². The lowest BCUT2D eigenvalue weighted by atomic mass is 9.98. The Bertz CT molecular complexity index is 410. The van der Waals surface area contributed by atoms with Gasteiger partial charge in [0.25, 0.3) is 0 Å². The molecule has 0 aliphatic rings. The highest BCUT2D eigenvalue weighted by Gasteiger charge is 2.37. The molecule has 2 N–H and O–H groups in total. The van der Waals surface area contributed by atoms with Gasteiger partial charge in [0.2, 0.25) is 0 Å². The smallest absolute Gasteiger partial charge is 0.176 e. The fraction of sp³-hybridized carbons (Fsp3) is 0.600. The molecule has 0 radical (unpaired) electrons. The summed E-state index contributed by atoms with van der Waals surface area (Å²) in [7, 11) is 6.93. The molecule has 5 heteroatoms. The predicted octanol–water partition coefficient (Wildman–Crippen LogP) is 1.46. The second kappa shape index (κ2) is 7.59. The van der Waals surface area contributed by atoms with Gasteiger partial charge in [0.05, 0.1) is 12.6 Å². The molecule has 0 bridgehead atoms. The van der Waals surface area contributed by atoms with Gasteiger partial charge in [-0.15, -0.1) is 0 Å². The molecule has 0 saturated carbocycles. The van der Waals surface area contributed by atoms with Crippen molar-refractivity contribution < 1.29 is 14.2 Å². The summed E-state index contributed by atoms with van der Waals surface area (Å²) < 4.78 is 16.0. The molecule has 0 aliphatic heterocycles. The molecule has 114 valence electrons. The number of hydrogen-bond donors (Lipinski definition) is 1. The molecule has 0 saturated heterocycles. The van der Waals surface area contributed by atoms with Crippen molar-refractivity contribution in [1.82, 2.24) is 4.90 Å². The topological polar surface area (TPSA) is 57.0 Å². The monoisotopic (exact) mass is 282 g/mol. The van der Waals surface area contributed by atoms with Crippen molar-refractivity contribution in [3.63, 3.8) is 0 Å². The van der Waals surface area contributed by atoms with E-state index in [1.165, 1.54) is 0 Å². The number of hydrogen-bond acceptors (Lipinski definition) is 5. The minimum Gasteiger partial charge on any atom is -0.497 e. The zero-order chi connectivity index (χ0) is 15.2. The van der Waals surface area contributed by atoms with Crippen LogP contribution in [-0.2, 0) is 16.0 Å². The van der Waals surface area contributed by atoms with Gasteiger partial charge in [-0.1, -0.05) is 12.1 Å². The van der Waals surface area contributed by atoms with Gasteiger partial charge >= 0.3 is 0 Å². The molecule has 0 aromatic heterocycles. The van der Waals surface area contributed by atoms with Crippen LogP contribution in [0.5, 0.6) is 5.75 Å². The number of ether oxygens (including phenoxy) is 3. The van der Waals surface area contributed by atoms with Crippen LogP contribution in [0.25, 0.3) is 0 Å². The first-order valence-corrected chi connectivity index (χ1v) is 6.61. The SMILES string of the molecule is COc1cccc(CN(C)C(C)(CN)C(OC)OC)c1. The Morgan fingerprint density at radius 1 is 1.25 bits per heavy atom. The zero-order valence-corrected chi connectivity index (χ0v) is 13.1. The highest BCUT2D eigenvalue weighted by atomic mass is 16.7. The van der Waals surface area contributed by atoms with Gasteiger partial charge in [-0.2, -0.15) is 0 Å². The van der Waals surface area contributed by atoms with Crippen molar-refractivity contribution in [3.8, 4) is 5.75 Å². The molecular formula is C15H26N2O3. The molecule has 0 aliphatic carbocycles. The van der Waals surface area contributed by atoms with Gasteiger partial charge in [0.1, 0.15) is 5.75 Å². The first kappa shape index (κ1) is 16.9. The maximum atomic E-state index is 5.94. The quantitative estimate of drug-likeness (QED) is 0.732. The summed E-state index contributed by atoms with van der Waals surface area (Å²) in [4.78, 5) is 2.14. The van der Waals surface area contributed by atoms with E-state index in [0.29, 0.717) is 6.54 Å². The van der Waals surface area contributed by atoms with Crippen molar-refractivity contribution in [2.45, 2.75) is 25.3 Å². The van der Waals surface area contributed by atoms with E-state index < -0.39 is 5.54 Å². The van der Waals surface area contributed by atoms with E-state index in [-0.39, 0.29) is 6.29 Å². The molecule has 0 spiro atoms. The Labute approximate surface area is 121 Å². The molecule has 0 heterocycles. The molecule has 1 rings (SSSR count). The number of nitrogens with two attached hydrogens (primary N) is 1. The maximum Gasteiger partial charge on any atom is 0.176 e. The molecule has 5 nitrogen and oxygen atoms in total. The number of likely N-dealkylation sites (N-methyl/N-ethyl adjacent to an activating group) is 1. The summed E-state index contributed by atoms with van der Waals surface area (Å²) in [5.74, 6) is 0.848. The molecule has 0 fully saturated rings. The van der Waals surface area contributed by atoms with Crippen LogP contribution in [0.4, 0.5) is 0 Å². The molecular weight excluding hydrogens is 256 g/mol. The van der Waals surface area contributed by atoms with Crippen molar-refractivity contribution in [2.75, 3.05) is 34.9 Å². The summed E-state index contributed by atoms with van der Waals surface area (Å²) in [6.45, 7) is 3.19. The Balaban J connectivity index is 2.88. The standard InChI is InChI=1S/C15H26N2O3/c1-15(11-16,14(19-4)20-5)17(2)10-12-7-6-8-13(9-12)18-3/h6-9,14H,10-11,16H2,1-5H3. The number of rotatable bonds is 8. The molecule has 1 atom stereocenters. The summed E-state index contributed by atoms with van der Waals surface area (Å²) >= 11 is 0. The van der Waals surface area contributed by atoms with Crippen LogP contribution in [0.3, 0.4) is 0 Å². The third kappa shape index (κ3) is 3.70. The summed E-state index contributed by atoms with van der Waals surface area (Å²) in [6.07, 6.45) is -0.386. The second-order valence-electron chi connectivity index (χ2n) is 5.07. The molecule has 20 heavy (non-hydrogen) atoms. The minimum atomic E-state index is -0.410. The van der Waals surface area contributed by atoms with Crippen molar-refractivity contribution >= 4 is 0 Å². The Morgan fingerprint density at radius 2 is 1.90 bits per heavy atom. The van der Waals surface area contributed by atoms with Crippen LogP contribution in [0.2, 0.25) is 0 Å². The minimum absolute atomic E-state index is 0.386. The normalized spacial score (nSPS) is 14.6. The van der Waals surface area contributed by atoms with Crippen LogP contribution in [-0.4, -0.2) is 51.7 Å². The van der Waals surface area contributed by atoms with Crippen molar-refractivity contribution in [3.05, 3.63) is 29.8 Å². The number of methoxy groups -OCH3 is 3. The van der Waals surface area contributed by atoms with Crippen LogP contribution >= 0.6 is 0 Å². The maximum absolute atomic E-state index is 5.94. The third-order valence-corrected chi connectivity index (χ3v) is 3.78. The molecule has 1 aromatic carbocycles.